The predicted octanol–water partition coefficient (Wildman–Crippen LogP) is 20.4. The van der Waals surface area contributed by atoms with Crippen molar-refractivity contribution in [1.29, 1.82) is 0 Å². The molecular weight excluding hydrogens is 841 g/mol. The standard InChI is InChI=1S/C62H120O6/c1-6-7-8-9-10-11-12-13-14-15-18-21-27-32-37-42-47-52-60(63)66-55-59(56-67-61(64)53-48-43-38-33-28-24-23-26-31-36-41-46-51-58(4)5)68-62(65)54-49-44-39-34-29-22-19-16-17-20-25-30-35-40-45-50-57(2)3/h57-59H,6-56H2,1-5H3/t59-/m0/s1. The van der Waals surface area contributed by atoms with Crippen molar-refractivity contribution in [3.05, 3.63) is 0 Å². The molecule has 0 unspecified atom stereocenters. The maximum Gasteiger partial charge on any atom is 0.306 e. The highest BCUT2D eigenvalue weighted by Gasteiger charge is 2.19. The normalized spacial score (nSPS) is 12.0. The SMILES string of the molecule is CCCCCCCCCCCCCCCCCCCC(=O)OC[C@@H](COC(=O)CCCCCCCCCCCCCCC(C)C)OC(=O)CCCCCCCCCCCCCCCCCC(C)C. The molecule has 0 N–H and O–H groups in total. The number of ether oxygens (including phenoxy) is 3. The van der Waals surface area contributed by atoms with E-state index in [9.17, 15) is 14.4 Å². The first-order chi connectivity index (χ1) is 33.2. The van der Waals surface area contributed by atoms with Crippen LogP contribution in [0.4, 0.5) is 0 Å². The van der Waals surface area contributed by atoms with E-state index in [1.807, 2.05) is 0 Å². The molecule has 0 amide bonds. The van der Waals surface area contributed by atoms with Crippen LogP contribution < -0.4 is 0 Å². The van der Waals surface area contributed by atoms with Crippen LogP contribution in [0.5, 0.6) is 0 Å². The summed E-state index contributed by atoms with van der Waals surface area (Å²) < 4.78 is 16.9. The average molecular weight is 962 g/mol. The van der Waals surface area contributed by atoms with E-state index < -0.39 is 6.10 Å². The van der Waals surface area contributed by atoms with Crippen molar-refractivity contribution in [1.82, 2.24) is 0 Å². The van der Waals surface area contributed by atoms with E-state index in [1.165, 1.54) is 238 Å². The number of hydrogen-bond donors (Lipinski definition) is 0. The van der Waals surface area contributed by atoms with Crippen molar-refractivity contribution >= 4 is 17.9 Å². The van der Waals surface area contributed by atoms with E-state index in [-0.39, 0.29) is 31.1 Å². The third-order valence-electron chi connectivity index (χ3n) is 14.2. The third-order valence-corrected chi connectivity index (χ3v) is 14.2. The van der Waals surface area contributed by atoms with Crippen LogP contribution in [0.1, 0.15) is 349 Å². The first-order valence-electron chi connectivity index (χ1n) is 30.7. The Hall–Kier alpha value is -1.59. The van der Waals surface area contributed by atoms with Crippen LogP contribution >= 0.6 is 0 Å². The van der Waals surface area contributed by atoms with E-state index in [2.05, 4.69) is 34.6 Å². The average Bonchev–Trinajstić information content (AvgIpc) is 3.31. The zero-order valence-electron chi connectivity index (χ0n) is 46.7. The van der Waals surface area contributed by atoms with Crippen LogP contribution in [0.15, 0.2) is 0 Å². The van der Waals surface area contributed by atoms with Gasteiger partial charge in [-0.2, -0.15) is 0 Å². The number of hydrogen-bond acceptors (Lipinski definition) is 6. The first-order valence-corrected chi connectivity index (χ1v) is 30.7. The molecule has 1 atom stereocenters. The summed E-state index contributed by atoms with van der Waals surface area (Å²) in [5.41, 5.74) is 0. The third kappa shape index (κ3) is 55.3. The molecule has 68 heavy (non-hydrogen) atoms. The van der Waals surface area contributed by atoms with E-state index in [0.717, 1.165) is 69.6 Å². The smallest absolute Gasteiger partial charge is 0.306 e. The number of carbonyl (C=O) groups excluding carboxylic acids is 3. The summed E-state index contributed by atoms with van der Waals surface area (Å²) in [5, 5.41) is 0. The van der Waals surface area contributed by atoms with Crippen molar-refractivity contribution in [2.45, 2.75) is 355 Å². The van der Waals surface area contributed by atoms with Crippen molar-refractivity contribution in [2.24, 2.45) is 11.8 Å². The van der Waals surface area contributed by atoms with Gasteiger partial charge in [0, 0.05) is 19.3 Å². The molecule has 0 aliphatic carbocycles. The lowest BCUT2D eigenvalue weighted by atomic mass is 10.0. The highest BCUT2D eigenvalue weighted by atomic mass is 16.6. The highest BCUT2D eigenvalue weighted by Crippen LogP contribution is 2.19. The fourth-order valence-electron chi connectivity index (χ4n) is 9.58. The van der Waals surface area contributed by atoms with Gasteiger partial charge in [0.25, 0.3) is 0 Å². The second kappa shape index (κ2) is 54.7. The molecular formula is C62H120O6. The van der Waals surface area contributed by atoms with Gasteiger partial charge in [0.15, 0.2) is 6.10 Å². The summed E-state index contributed by atoms with van der Waals surface area (Å²) >= 11 is 0. The zero-order valence-corrected chi connectivity index (χ0v) is 46.7. The quantitative estimate of drug-likeness (QED) is 0.0343. The molecule has 0 aliphatic heterocycles. The van der Waals surface area contributed by atoms with E-state index in [0.29, 0.717) is 19.3 Å². The summed E-state index contributed by atoms with van der Waals surface area (Å²) in [6, 6.07) is 0. The molecule has 0 saturated carbocycles. The van der Waals surface area contributed by atoms with Gasteiger partial charge < -0.3 is 14.2 Å². The topological polar surface area (TPSA) is 78.9 Å². The fraction of sp³-hybridized carbons (Fsp3) is 0.952. The number of carbonyl (C=O) groups is 3. The van der Waals surface area contributed by atoms with Crippen LogP contribution in [0.2, 0.25) is 0 Å². The maximum atomic E-state index is 12.9. The summed E-state index contributed by atoms with van der Waals surface area (Å²) in [5.74, 6) is 0.847. The Balaban J connectivity index is 4.29. The molecule has 6 heteroatoms. The van der Waals surface area contributed by atoms with Gasteiger partial charge in [-0.05, 0) is 31.1 Å². The molecule has 404 valence electrons. The molecule has 0 spiro atoms. The Kier molecular flexibility index (Phi) is 53.5. The van der Waals surface area contributed by atoms with Crippen LogP contribution in [0.25, 0.3) is 0 Å². The van der Waals surface area contributed by atoms with Gasteiger partial charge in [-0.15, -0.1) is 0 Å². The van der Waals surface area contributed by atoms with Gasteiger partial charge in [-0.3, -0.25) is 14.4 Å². The van der Waals surface area contributed by atoms with Crippen LogP contribution in [0, 0.1) is 11.8 Å². The van der Waals surface area contributed by atoms with Crippen LogP contribution in [0.3, 0.4) is 0 Å². The molecule has 0 aromatic carbocycles. The summed E-state index contributed by atoms with van der Waals surface area (Å²) in [6.45, 7) is 11.4. The Morgan fingerprint density at radius 2 is 0.485 bits per heavy atom. The Morgan fingerprint density at radius 1 is 0.279 bits per heavy atom. The van der Waals surface area contributed by atoms with Gasteiger partial charge in [-0.25, -0.2) is 0 Å². The molecule has 0 aromatic heterocycles. The maximum absolute atomic E-state index is 12.9. The Morgan fingerprint density at radius 3 is 0.721 bits per heavy atom. The monoisotopic (exact) mass is 961 g/mol. The van der Waals surface area contributed by atoms with Crippen LogP contribution in [-0.4, -0.2) is 37.2 Å². The molecule has 0 bridgehead atoms. The number of unbranched alkanes of at least 4 members (excludes halogenated alkanes) is 41. The van der Waals surface area contributed by atoms with Crippen molar-refractivity contribution < 1.29 is 28.6 Å². The van der Waals surface area contributed by atoms with Crippen molar-refractivity contribution in [3.8, 4) is 0 Å². The van der Waals surface area contributed by atoms with E-state index >= 15 is 0 Å². The zero-order chi connectivity index (χ0) is 49.6. The molecule has 0 saturated heterocycles. The van der Waals surface area contributed by atoms with Gasteiger partial charge in [0.2, 0.25) is 0 Å². The minimum Gasteiger partial charge on any atom is -0.462 e. The van der Waals surface area contributed by atoms with Crippen LogP contribution in [-0.2, 0) is 28.6 Å². The lowest BCUT2D eigenvalue weighted by molar-refractivity contribution is -0.167. The molecule has 0 heterocycles. The molecule has 0 radical (unpaired) electrons. The number of rotatable bonds is 56. The molecule has 0 rings (SSSR count). The van der Waals surface area contributed by atoms with Crippen molar-refractivity contribution in [3.63, 3.8) is 0 Å². The fourth-order valence-corrected chi connectivity index (χ4v) is 9.58. The van der Waals surface area contributed by atoms with Crippen molar-refractivity contribution in [2.75, 3.05) is 13.2 Å². The lowest BCUT2D eigenvalue weighted by Crippen LogP contribution is -2.30. The molecule has 6 nitrogen and oxygen atoms in total. The largest absolute Gasteiger partial charge is 0.462 e. The molecule has 0 fully saturated rings. The van der Waals surface area contributed by atoms with E-state index in [1.54, 1.807) is 0 Å². The second-order valence-electron chi connectivity index (χ2n) is 22.3. The second-order valence-corrected chi connectivity index (χ2v) is 22.3. The van der Waals surface area contributed by atoms with Gasteiger partial charge in [-0.1, -0.05) is 311 Å². The highest BCUT2D eigenvalue weighted by molar-refractivity contribution is 5.71. The molecule has 0 aromatic rings. The van der Waals surface area contributed by atoms with E-state index in [4.69, 9.17) is 14.2 Å². The summed E-state index contributed by atoms with van der Waals surface area (Å²) in [7, 11) is 0. The van der Waals surface area contributed by atoms with Gasteiger partial charge in [0.05, 0.1) is 0 Å². The minimum atomic E-state index is -0.763. The number of esters is 3. The Labute approximate surface area is 425 Å². The predicted molar refractivity (Wildman–Crippen MR) is 293 cm³/mol. The van der Waals surface area contributed by atoms with Gasteiger partial charge >= 0.3 is 17.9 Å². The lowest BCUT2D eigenvalue weighted by Gasteiger charge is -2.18. The summed E-state index contributed by atoms with van der Waals surface area (Å²) in [6.07, 6.45) is 59.5. The van der Waals surface area contributed by atoms with Gasteiger partial charge in [0.1, 0.15) is 13.2 Å². The minimum absolute atomic E-state index is 0.0621. The first kappa shape index (κ1) is 66.4. The summed E-state index contributed by atoms with van der Waals surface area (Å²) in [4.78, 5) is 38.2. The molecule has 0 aliphatic rings. The Bertz CT molecular complexity index is 1040.